The lowest BCUT2D eigenvalue weighted by molar-refractivity contribution is 0.0690. The van der Waals surface area contributed by atoms with Gasteiger partial charge in [0.25, 0.3) is 0 Å². The number of para-hydroxylation sites is 1. The summed E-state index contributed by atoms with van der Waals surface area (Å²) in [6, 6.07) is 7.00. The highest BCUT2D eigenvalue weighted by molar-refractivity contribution is 7.99. The Hall–Kier alpha value is -2.15. The smallest absolute Gasteiger partial charge is 0.353 e. The lowest BCUT2D eigenvalue weighted by Gasteiger charge is -2.18. The van der Waals surface area contributed by atoms with E-state index in [4.69, 9.17) is 14.6 Å². The Bertz CT molecular complexity index is 680. The molecule has 2 N–H and O–H groups in total. The lowest BCUT2D eigenvalue weighted by atomic mass is 10.1. The fourth-order valence-corrected chi connectivity index (χ4v) is 3.44. The van der Waals surface area contributed by atoms with Gasteiger partial charge in [0.05, 0.1) is 12.8 Å². The van der Waals surface area contributed by atoms with Gasteiger partial charge in [-0.05, 0) is 30.4 Å². The van der Waals surface area contributed by atoms with Gasteiger partial charge in [-0.3, -0.25) is 5.10 Å². The van der Waals surface area contributed by atoms with Crippen LogP contribution >= 0.6 is 11.8 Å². The van der Waals surface area contributed by atoms with Crippen molar-refractivity contribution in [2.24, 2.45) is 0 Å². The van der Waals surface area contributed by atoms with Gasteiger partial charge in [-0.15, -0.1) is 0 Å². The number of carboxylic acid groups (broad SMARTS) is 1. The second-order valence-corrected chi connectivity index (χ2v) is 6.06. The van der Waals surface area contributed by atoms with Crippen LogP contribution in [-0.2, 0) is 0 Å². The molecule has 0 spiro atoms. The van der Waals surface area contributed by atoms with Gasteiger partial charge in [-0.1, -0.05) is 6.07 Å². The summed E-state index contributed by atoms with van der Waals surface area (Å²) in [5.74, 6) is 2.21. The summed E-state index contributed by atoms with van der Waals surface area (Å²) < 4.78 is 11.5. The predicted molar refractivity (Wildman–Crippen MR) is 83.9 cm³/mol. The minimum absolute atomic E-state index is 0.0418. The summed E-state index contributed by atoms with van der Waals surface area (Å²) in [5, 5.41) is 15.6. The molecule has 0 bridgehead atoms. The van der Waals surface area contributed by atoms with E-state index in [1.807, 2.05) is 30.0 Å². The largest absolute Gasteiger partial charge is 0.493 e. The first-order valence-electron chi connectivity index (χ1n) is 6.89. The molecule has 1 atom stereocenters. The number of methoxy groups -OCH3 is 1. The molecule has 1 aliphatic heterocycles. The molecule has 0 amide bonds. The van der Waals surface area contributed by atoms with E-state index in [9.17, 15) is 4.79 Å². The summed E-state index contributed by atoms with van der Waals surface area (Å²) in [5.41, 5.74) is 1.29. The predicted octanol–water partition coefficient (Wildman–Crippen LogP) is 2.67. The molecule has 0 radical (unpaired) electrons. The average Bonchev–Trinajstić information content (AvgIpc) is 3.18. The number of nitrogens with zero attached hydrogens (tertiary/aromatic N) is 1. The van der Waals surface area contributed by atoms with E-state index < -0.39 is 5.97 Å². The number of aromatic nitrogens is 2. The zero-order valence-electron chi connectivity index (χ0n) is 12.0. The number of hydrogen-bond acceptors (Lipinski definition) is 5. The Morgan fingerprint density at radius 3 is 3.00 bits per heavy atom. The Balaban J connectivity index is 1.99. The molecule has 116 valence electrons. The van der Waals surface area contributed by atoms with Crippen molar-refractivity contribution in [2.45, 2.75) is 12.5 Å². The highest BCUT2D eigenvalue weighted by atomic mass is 32.2. The van der Waals surface area contributed by atoms with E-state index in [1.165, 1.54) is 6.07 Å². The lowest BCUT2D eigenvalue weighted by Crippen LogP contribution is -2.15. The summed E-state index contributed by atoms with van der Waals surface area (Å²) in [4.78, 5) is 11.0. The number of benzene rings is 1. The molecule has 1 aromatic carbocycles. The first-order valence-corrected chi connectivity index (χ1v) is 8.05. The van der Waals surface area contributed by atoms with Crippen LogP contribution in [0.5, 0.6) is 11.5 Å². The fraction of sp³-hybridized carbons (Fsp3) is 0.333. The van der Waals surface area contributed by atoms with Crippen LogP contribution in [0, 0.1) is 0 Å². The number of aromatic carboxylic acids is 1. The maximum absolute atomic E-state index is 11.0. The molecule has 1 aromatic heterocycles. The molecule has 6 nitrogen and oxygen atoms in total. The Morgan fingerprint density at radius 2 is 2.36 bits per heavy atom. The summed E-state index contributed by atoms with van der Waals surface area (Å²) in [7, 11) is 1.59. The van der Waals surface area contributed by atoms with Crippen molar-refractivity contribution in [3.8, 4) is 22.8 Å². The molecular weight excluding hydrogens is 304 g/mol. The molecule has 1 unspecified atom stereocenters. The molecule has 0 saturated carbocycles. The van der Waals surface area contributed by atoms with Crippen molar-refractivity contribution in [3.05, 3.63) is 30.0 Å². The normalized spacial score (nSPS) is 17.4. The number of carbonyl (C=O) groups is 1. The molecule has 22 heavy (non-hydrogen) atoms. The van der Waals surface area contributed by atoms with Crippen molar-refractivity contribution in [2.75, 3.05) is 18.6 Å². The van der Waals surface area contributed by atoms with E-state index in [1.54, 1.807) is 7.11 Å². The number of aromatic amines is 1. The van der Waals surface area contributed by atoms with Crippen LogP contribution < -0.4 is 9.47 Å². The second-order valence-electron chi connectivity index (χ2n) is 4.91. The number of ether oxygens (including phenoxy) is 2. The number of nitrogens with one attached hydrogen (secondary N) is 1. The number of carboxylic acids is 1. The van der Waals surface area contributed by atoms with Crippen LogP contribution in [0.1, 0.15) is 16.9 Å². The van der Waals surface area contributed by atoms with Gasteiger partial charge in [0.15, 0.2) is 11.5 Å². The molecule has 1 fully saturated rings. The number of rotatable bonds is 5. The fourth-order valence-electron chi connectivity index (χ4n) is 2.34. The average molecular weight is 320 g/mol. The maximum Gasteiger partial charge on any atom is 0.353 e. The topological polar surface area (TPSA) is 84.4 Å². The van der Waals surface area contributed by atoms with E-state index in [0.717, 1.165) is 23.5 Å². The van der Waals surface area contributed by atoms with Crippen molar-refractivity contribution in [3.63, 3.8) is 0 Å². The maximum atomic E-state index is 11.0. The third-order valence-corrected chi connectivity index (χ3v) is 4.59. The summed E-state index contributed by atoms with van der Waals surface area (Å²) in [6.45, 7) is 0. The quantitative estimate of drug-likeness (QED) is 0.881. The van der Waals surface area contributed by atoms with Gasteiger partial charge < -0.3 is 14.6 Å². The van der Waals surface area contributed by atoms with E-state index >= 15 is 0 Å². The molecule has 7 heteroatoms. The Kier molecular flexibility index (Phi) is 4.24. The molecule has 1 saturated heterocycles. The molecule has 0 aliphatic carbocycles. The first kappa shape index (κ1) is 14.8. The number of H-pyrrole nitrogens is 1. The van der Waals surface area contributed by atoms with Crippen LogP contribution in [0.25, 0.3) is 11.3 Å². The van der Waals surface area contributed by atoms with E-state index in [0.29, 0.717) is 17.2 Å². The highest BCUT2D eigenvalue weighted by Crippen LogP contribution is 2.39. The molecule has 2 aromatic rings. The van der Waals surface area contributed by atoms with Crippen LogP contribution in [0.15, 0.2) is 24.3 Å². The zero-order valence-corrected chi connectivity index (χ0v) is 12.9. The minimum atomic E-state index is -1.05. The standard InChI is InChI=1S/C15H16N2O4S/c1-20-13-4-2-3-10(11-7-12(15(18)19)17-16-11)14(13)21-9-5-6-22-8-9/h2-4,7,9H,5-6,8H2,1H3,(H,16,17)(H,18,19). The van der Waals surface area contributed by atoms with E-state index in [-0.39, 0.29) is 11.8 Å². The van der Waals surface area contributed by atoms with Crippen LogP contribution in [-0.4, -0.2) is 46.0 Å². The van der Waals surface area contributed by atoms with Crippen LogP contribution in [0.2, 0.25) is 0 Å². The van der Waals surface area contributed by atoms with Crippen LogP contribution in [0.4, 0.5) is 0 Å². The van der Waals surface area contributed by atoms with E-state index in [2.05, 4.69) is 10.2 Å². The summed E-state index contributed by atoms with van der Waals surface area (Å²) in [6.07, 6.45) is 1.13. The molecule has 1 aliphatic rings. The van der Waals surface area contributed by atoms with Gasteiger partial charge in [0, 0.05) is 11.3 Å². The zero-order chi connectivity index (χ0) is 15.5. The first-order chi connectivity index (χ1) is 10.7. The van der Waals surface area contributed by atoms with Gasteiger partial charge in [0.2, 0.25) is 0 Å². The highest BCUT2D eigenvalue weighted by Gasteiger charge is 2.22. The van der Waals surface area contributed by atoms with Gasteiger partial charge in [-0.25, -0.2) is 4.79 Å². The third kappa shape index (κ3) is 2.89. The second kappa shape index (κ2) is 6.31. The molecule has 2 heterocycles. The number of thioether (sulfide) groups is 1. The third-order valence-electron chi connectivity index (χ3n) is 3.46. The van der Waals surface area contributed by atoms with Crippen molar-refractivity contribution < 1.29 is 19.4 Å². The van der Waals surface area contributed by atoms with Crippen LogP contribution in [0.3, 0.4) is 0 Å². The van der Waals surface area contributed by atoms with Crippen molar-refractivity contribution in [1.82, 2.24) is 10.2 Å². The number of hydrogen-bond donors (Lipinski definition) is 2. The van der Waals surface area contributed by atoms with Gasteiger partial charge in [-0.2, -0.15) is 16.9 Å². The van der Waals surface area contributed by atoms with Gasteiger partial charge in [0.1, 0.15) is 11.8 Å². The Morgan fingerprint density at radius 1 is 1.50 bits per heavy atom. The van der Waals surface area contributed by atoms with Gasteiger partial charge >= 0.3 is 5.97 Å². The van der Waals surface area contributed by atoms with Crippen molar-refractivity contribution >= 4 is 17.7 Å². The molecule has 3 rings (SSSR count). The Labute approximate surface area is 131 Å². The minimum Gasteiger partial charge on any atom is -0.493 e. The molecular formula is C15H16N2O4S. The van der Waals surface area contributed by atoms with Crippen molar-refractivity contribution in [1.29, 1.82) is 0 Å². The SMILES string of the molecule is COc1cccc(-c2cc(C(=O)O)[nH]n2)c1OC1CCSC1. The monoisotopic (exact) mass is 320 g/mol. The summed E-state index contributed by atoms with van der Waals surface area (Å²) >= 11 is 1.86.